The fraction of sp³-hybridized carbons (Fsp3) is 0.0500. The van der Waals surface area contributed by atoms with Crippen molar-refractivity contribution < 1.29 is 15.0 Å². The number of carbonyl (C=O) groups excluding carboxylic acids is 1. The van der Waals surface area contributed by atoms with Crippen LogP contribution in [0.5, 0.6) is 5.75 Å². The molecule has 0 heterocycles. The van der Waals surface area contributed by atoms with Crippen LogP contribution in [0.3, 0.4) is 0 Å². The molecule has 3 nitrogen and oxygen atoms in total. The Balaban J connectivity index is 2.09. The maximum Gasteiger partial charge on any atom is 0.193 e. The van der Waals surface area contributed by atoms with E-state index < -0.39 is 5.60 Å². The summed E-state index contributed by atoms with van der Waals surface area (Å²) in [6.07, 6.45) is 0. The second-order valence-electron chi connectivity index (χ2n) is 5.68. The first-order chi connectivity index (χ1) is 11.1. The Morgan fingerprint density at radius 2 is 1.17 bits per heavy atom. The number of carbonyl (C=O) groups is 1. The van der Waals surface area contributed by atoms with Crippen molar-refractivity contribution in [3.63, 3.8) is 0 Å². The average Bonchev–Trinajstić information content (AvgIpc) is 2.60. The number of hydrogen-bond acceptors (Lipinski definition) is 3. The molecule has 23 heavy (non-hydrogen) atoms. The van der Waals surface area contributed by atoms with Crippen molar-refractivity contribution in [3.05, 3.63) is 101 Å². The normalized spacial score (nSPS) is 14.9. The van der Waals surface area contributed by atoms with Crippen LogP contribution in [0.1, 0.15) is 32.6 Å². The van der Waals surface area contributed by atoms with Gasteiger partial charge in [-0.1, -0.05) is 60.7 Å². The lowest BCUT2D eigenvalue weighted by Crippen LogP contribution is -2.36. The Labute approximate surface area is 133 Å². The van der Waals surface area contributed by atoms with Gasteiger partial charge in [0, 0.05) is 22.3 Å². The monoisotopic (exact) mass is 302 g/mol. The van der Waals surface area contributed by atoms with Crippen LogP contribution in [0.4, 0.5) is 0 Å². The number of fused-ring (bicyclic) bond motifs is 2. The van der Waals surface area contributed by atoms with E-state index in [-0.39, 0.29) is 11.5 Å². The van der Waals surface area contributed by atoms with Crippen LogP contribution >= 0.6 is 0 Å². The molecule has 0 amide bonds. The van der Waals surface area contributed by atoms with Gasteiger partial charge in [-0.05, 0) is 17.7 Å². The number of benzene rings is 3. The van der Waals surface area contributed by atoms with Crippen LogP contribution in [0.25, 0.3) is 0 Å². The predicted molar refractivity (Wildman–Crippen MR) is 86.5 cm³/mol. The molecule has 0 unspecified atom stereocenters. The highest BCUT2D eigenvalue weighted by Gasteiger charge is 2.43. The van der Waals surface area contributed by atoms with E-state index in [0.717, 1.165) is 0 Å². The molecule has 3 heteroatoms. The zero-order valence-corrected chi connectivity index (χ0v) is 12.2. The van der Waals surface area contributed by atoms with Crippen molar-refractivity contribution in [1.82, 2.24) is 0 Å². The third kappa shape index (κ3) is 1.84. The van der Waals surface area contributed by atoms with Crippen LogP contribution in [0, 0.1) is 0 Å². The standard InChI is InChI=1S/C20H14O3/c21-14-11-9-13(10-12-14)20(23)17-7-3-1-5-15(17)19(22)16-6-2-4-8-18(16)20/h1-12,21,23H. The largest absolute Gasteiger partial charge is 0.508 e. The Morgan fingerprint density at radius 3 is 1.70 bits per heavy atom. The van der Waals surface area contributed by atoms with E-state index >= 15 is 0 Å². The molecule has 3 aromatic carbocycles. The fourth-order valence-corrected chi connectivity index (χ4v) is 3.30. The first-order valence-corrected chi connectivity index (χ1v) is 7.38. The number of hydrogen-bond donors (Lipinski definition) is 2. The van der Waals surface area contributed by atoms with Crippen LogP contribution < -0.4 is 0 Å². The molecular weight excluding hydrogens is 288 g/mol. The summed E-state index contributed by atoms with van der Waals surface area (Å²) in [5.74, 6) is 0.0467. The Bertz CT molecular complexity index is 861. The van der Waals surface area contributed by atoms with Crippen LogP contribution in [0.2, 0.25) is 0 Å². The molecule has 2 N–H and O–H groups in total. The van der Waals surface area contributed by atoms with Gasteiger partial charge in [-0.2, -0.15) is 0 Å². The third-order valence-electron chi connectivity index (χ3n) is 4.41. The van der Waals surface area contributed by atoms with Gasteiger partial charge in [-0.3, -0.25) is 4.79 Å². The van der Waals surface area contributed by atoms with Crippen molar-refractivity contribution in [2.75, 3.05) is 0 Å². The topological polar surface area (TPSA) is 57.5 Å². The molecule has 112 valence electrons. The maximum atomic E-state index is 12.7. The van der Waals surface area contributed by atoms with Crippen LogP contribution in [0.15, 0.2) is 72.8 Å². The molecule has 1 aliphatic carbocycles. The zero-order valence-electron chi connectivity index (χ0n) is 12.2. The number of ketones is 1. The van der Waals surface area contributed by atoms with Gasteiger partial charge in [0.2, 0.25) is 0 Å². The smallest absolute Gasteiger partial charge is 0.193 e. The summed E-state index contributed by atoms with van der Waals surface area (Å²) >= 11 is 0. The van der Waals surface area contributed by atoms with E-state index in [9.17, 15) is 15.0 Å². The summed E-state index contributed by atoms with van der Waals surface area (Å²) in [5, 5.41) is 21.2. The average molecular weight is 302 g/mol. The van der Waals surface area contributed by atoms with Crippen LogP contribution in [-0.4, -0.2) is 16.0 Å². The van der Waals surface area contributed by atoms with E-state index in [1.165, 1.54) is 12.1 Å². The van der Waals surface area contributed by atoms with Crippen molar-refractivity contribution >= 4 is 5.78 Å². The number of rotatable bonds is 1. The molecule has 1 aliphatic rings. The second kappa shape index (κ2) is 4.80. The van der Waals surface area contributed by atoms with E-state index in [0.29, 0.717) is 27.8 Å². The summed E-state index contributed by atoms with van der Waals surface area (Å²) < 4.78 is 0. The number of aromatic hydroxyl groups is 1. The third-order valence-corrected chi connectivity index (χ3v) is 4.41. The van der Waals surface area contributed by atoms with Gasteiger partial charge in [0.25, 0.3) is 0 Å². The van der Waals surface area contributed by atoms with E-state index in [1.54, 1.807) is 48.5 Å². The van der Waals surface area contributed by atoms with Crippen molar-refractivity contribution in [3.8, 4) is 5.75 Å². The lowest BCUT2D eigenvalue weighted by molar-refractivity contribution is 0.0949. The molecule has 4 rings (SSSR count). The second-order valence-corrected chi connectivity index (χ2v) is 5.68. The van der Waals surface area contributed by atoms with Crippen LogP contribution in [-0.2, 0) is 5.60 Å². The molecule has 3 aromatic rings. The molecule has 0 spiro atoms. The number of aliphatic hydroxyl groups is 1. The number of phenolic OH excluding ortho intramolecular Hbond substituents is 1. The highest BCUT2D eigenvalue weighted by Crippen LogP contribution is 2.44. The fourth-order valence-electron chi connectivity index (χ4n) is 3.30. The minimum atomic E-state index is -1.42. The first-order valence-electron chi connectivity index (χ1n) is 7.38. The number of phenols is 1. The summed E-state index contributed by atoms with van der Waals surface area (Å²) in [7, 11) is 0. The maximum absolute atomic E-state index is 12.7. The molecule has 0 atom stereocenters. The molecule has 0 aromatic heterocycles. The minimum Gasteiger partial charge on any atom is -0.508 e. The van der Waals surface area contributed by atoms with Crippen molar-refractivity contribution in [2.24, 2.45) is 0 Å². The summed E-state index contributed by atoms with van der Waals surface area (Å²) in [5.41, 5.74) is 1.32. The van der Waals surface area contributed by atoms with Gasteiger partial charge < -0.3 is 10.2 Å². The van der Waals surface area contributed by atoms with Gasteiger partial charge in [-0.15, -0.1) is 0 Å². The Morgan fingerprint density at radius 1 is 0.696 bits per heavy atom. The molecule has 0 bridgehead atoms. The zero-order chi connectivity index (χ0) is 16.0. The summed E-state index contributed by atoms with van der Waals surface area (Å²) in [6, 6.07) is 20.7. The van der Waals surface area contributed by atoms with Crippen molar-refractivity contribution in [2.45, 2.75) is 5.60 Å². The molecule has 0 aliphatic heterocycles. The lowest BCUT2D eigenvalue weighted by Gasteiger charge is -2.36. The van der Waals surface area contributed by atoms with Gasteiger partial charge in [0.1, 0.15) is 11.4 Å². The molecule has 0 fully saturated rings. The Hall–Kier alpha value is -2.91. The Kier molecular flexibility index (Phi) is 2.86. The van der Waals surface area contributed by atoms with E-state index in [4.69, 9.17) is 0 Å². The van der Waals surface area contributed by atoms with Gasteiger partial charge in [0.05, 0.1) is 0 Å². The minimum absolute atomic E-state index is 0.0837. The van der Waals surface area contributed by atoms with Crippen molar-refractivity contribution in [1.29, 1.82) is 0 Å². The molecule has 0 radical (unpaired) electrons. The molecule has 0 saturated carbocycles. The molecule has 0 saturated heterocycles. The SMILES string of the molecule is O=C1c2ccccc2C(O)(c2ccc(O)cc2)c2ccccc21. The summed E-state index contributed by atoms with van der Waals surface area (Å²) in [6.45, 7) is 0. The van der Waals surface area contributed by atoms with E-state index in [1.807, 2.05) is 12.1 Å². The van der Waals surface area contributed by atoms with Gasteiger partial charge in [0.15, 0.2) is 5.78 Å². The van der Waals surface area contributed by atoms with Gasteiger partial charge in [-0.25, -0.2) is 0 Å². The van der Waals surface area contributed by atoms with E-state index in [2.05, 4.69) is 0 Å². The lowest BCUT2D eigenvalue weighted by atomic mass is 9.71. The highest BCUT2D eigenvalue weighted by molar-refractivity contribution is 6.13. The first kappa shape index (κ1) is 13.7. The summed E-state index contributed by atoms with van der Waals surface area (Å²) in [4.78, 5) is 12.7. The van der Waals surface area contributed by atoms with Gasteiger partial charge >= 0.3 is 0 Å². The quantitative estimate of drug-likeness (QED) is 0.725. The predicted octanol–water partition coefficient (Wildman–Crippen LogP) is 3.22. The highest BCUT2D eigenvalue weighted by atomic mass is 16.3. The molecular formula is C20H14O3.